The van der Waals surface area contributed by atoms with Crippen LogP contribution in [0.1, 0.15) is 181 Å². The number of hydrogen-bond donors (Lipinski definition) is 1. The summed E-state index contributed by atoms with van der Waals surface area (Å²) in [6.45, 7) is 3.97. The molecule has 5 heteroatoms. The zero-order valence-electron chi connectivity index (χ0n) is 35.8. The highest BCUT2D eigenvalue weighted by atomic mass is 16.6. The molecule has 316 valence electrons. The van der Waals surface area contributed by atoms with Gasteiger partial charge in [-0.2, -0.15) is 0 Å². The number of ether oxygens (including phenoxy) is 2. The van der Waals surface area contributed by atoms with Gasteiger partial charge in [0.25, 0.3) is 0 Å². The summed E-state index contributed by atoms with van der Waals surface area (Å²) in [6, 6.07) is 0. The molecule has 0 heterocycles. The molecule has 0 aliphatic rings. The summed E-state index contributed by atoms with van der Waals surface area (Å²) in [5.41, 5.74) is 0. The predicted molar refractivity (Wildman–Crippen MR) is 242 cm³/mol. The first-order valence-corrected chi connectivity index (χ1v) is 22.4. The summed E-state index contributed by atoms with van der Waals surface area (Å²) in [7, 11) is 0. The van der Waals surface area contributed by atoms with Gasteiger partial charge in [0, 0.05) is 12.8 Å². The molecule has 0 aromatic carbocycles. The van der Waals surface area contributed by atoms with Gasteiger partial charge < -0.3 is 14.6 Å². The summed E-state index contributed by atoms with van der Waals surface area (Å²) < 4.78 is 10.6. The van der Waals surface area contributed by atoms with Crippen LogP contribution >= 0.6 is 0 Å². The van der Waals surface area contributed by atoms with Gasteiger partial charge in [0.2, 0.25) is 0 Å². The predicted octanol–water partition coefficient (Wildman–Crippen LogP) is 14.6. The molecule has 56 heavy (non-hydrogen) atoms. The van der Waals surface area contributed by atoms with Gasteiger partial charge >= 0.3 is 11.9 Å². The monoisotopic (exact) mass is 775 g/mol. The van der Waals surface area contributed by atoms with Crippen molar-refractivity contribution < 1.29 is 24.2 Å². The van der Waals surface area contributed by atoms with Crippen LogP contribution in [0.2, 0.25) is 0 Å². The molecule has 0 amide bonds. The number of carbonyl (C=O) groups excluding carboxylic acids is 2. The third kappa shape index (κ3) is 43.3. The lowest BCUT2D eigenvalue weighted by atomic mass is 10.1. The van der Waals surface area contributed by atoms with Crippen molar-refractivity contribution >= 4 is 11.9 Å². The lowest BCUT2D eigenvalue weighted by Crippen LogP contribution is -2.28. The first-order valence-electron chi connectivity index (χ1n) is 22.4. The Labute approximate surface area is 344 Å². The number of unbranched alkanes of at least 4 members (excludes halogenated alkanes) is 13. The van der Waals surface area contributed by atoms with Crippen LogP contribution in [-0.2, 0) is 19.1 Å². The standard InChI is InChI=1S/C51H82O5/c1-3-5-7-9-11-13-15-16-17-18-19-20-21-22-23-24-25-26-27-28-29-30-31-32-33-34-36-38-40-42-44-46-51(54)56-49(47-52)48-55-50(53)45-43-41-39-37-35-14-12-10-8-6-4-2/h5,7,11,13,16-17,19-20,22-23,25-26,28-29,31-32,34,36,49,52H,3-4,6,8-10,12,14-15,18,21,24,27,30,33,35,37-48H2,1-2H3/b7-5-,13-11-,17-16-,20-19-,23-22-,26-25-,29-28-,32-31-,36-34-. The molecule has 1 N–H and O–H groups in total. The average Bonchev–Trinajstić information content (AvgIpc) is 3.20. The molecule has 0 rings (SSSR count). The lowest BCUT2D eigenvalue weighted by molar-refractivity contribution is -0.161. The fourth-order valence-corrected chi connectivity index (χ4v) is 5.72. The van der Waals surface area contributed by atoms with Gasteiger partial charge in [0.15, 0.2) is 6.10 Å². The Kier molecular flexibility index (Phi) is 43.1. The molecule has 0 aromatic heterocycles. The van der Waals surface area contributed by atoms with E-state index in [4.69, 9.17) is 9.47 Å². The van der Waals surface area contributed by atoms with Crippen molar-refractivity contribution in [1.29, 1.82) is 0 Å². The Bertz CT molecular complexity index is 1150. The van der Waals surface area contributed by atoms with Gasteiger partial charge in [-0.15, -0.1) is 0 Å². The van der Waals surface area contributed by atoms with E-state index in [0.717, 1.165) is 103 Å². The normalized spacial score (nSPS) is 13.3. The number of aliphatic hydroxyl groups excluding tert-OH is 1. The van der Waals surface area contributed by atoms with Crippen LogP contribution in [0, 0.1) is 0 Å². The first-order chi connectivity index (χ1) is 27.6. The minimum Gasteiger partial charge on any atom is -0.462 e. The third-order valence-electron chi connectivity index (χ3n) is 9.08. The molecule has 1 atom stereocenters. The topological polar surface area (TPSA) is 72.8 Å². The van der Waals surface area contributed by atoms with E-state index < -0.39 is 6.10 Å². The highest BCUT2D eigenvalue weighted by Gasteiger charge is 2.16. The quantitative estimate of drug-likeness (QED) is 0.0382. The SMILES string of the molecule is CC/C=C\C/C=C\C/C=C\C/C=C\C/C=C\C/C=C\C/C=C\C/C=C\C/C=C\CCCCCC(=O)OC(CO)COC(=O)CCCCCCCCCCCCC. The minimum atomic E-state index is -0.794. The van der Waals surface area contributed by atoms with E-state index in [0.29, 0.717) is 12.8 Å². The Hall–Kier alpha value is -3.44. The van der Waals surface area contributed by atoms with Crippen molar-refractivity contribution in [2.24, 2.45) is 0 Å². The van der Waals surface area contributed by atoms with E-state index in [-0.39, 0.29) is 25.2 Å². The van der Waals surface area contributed by atoms with Crippen LogP contribution < -0.4 is 0 Å². The lowest BCUT2D eigenvalue weighted by Gasteiger charge is -2.15. The summed E-state index contributed by atoms with van der Waals surface area (Å²) in [5.74, 6) is -0.638. The Morgan fingerprint density at radius 1 is 0.429 bits per heavy atom. The molecule has 0 aromatic rings. The van der Waals surface area contributed by atoms with Crippen molar-refractivity contribution in [3.63, 3.8) is 0 Å². The molecule has 0 aliphatic heterocycles. The zero-order valence-corrected chi connectivity index (χ0v) is 35.8. The summed E-state index contributed by atoms with van der Waals surface area (Å²) in [6.07, 6.45) is 65.9. The van der Waals surface area contributed by atoms with Crippen LogP contribution in [0.25, 0.3) is 0 Å². The second-order valence-electron chi connectivity index (χ2n) is 14.4. The number of allylic oxidation sites excluding steroid dienone is 18. The largest absolute Gasteiger partial charge is 0.462 e. The number of carbonyl (C=O) groups is 2. The Morgan fingerprint density at radius 3 is 1.16 bits per heavy atom. The summed E-state index contributed by atoms with van der Waals surface area (Å²) >= 11 is 0. The molecule has 0 saturated carbocycles. The van der Waals surface area contributed by atoms with Gasteiger partial charge in [-0.25, -0.2) is 0 Å². The number of hydrogen-bond acceptors (Lipinski definition) is 5. The number of aliphatic hydroxyl groups is 1. The molecule has 0 spiro atoms. The molecular weight excluding hydrogens is 693 g/mol. The van der Waals surface area contributed by atoms with Gasteiger partial charge in [-0.1, -0.05) is 194 Å². The van der Waals surface area contributed by atoms with Crippen LogP contribution in [0.5, 0.6) is 0 Å². The van der Waals surface area contributed by atoms with E-state index in [2.05, 4.69) is 123 Å². The number of esters is 2. The summed E-state index contributed by atoms with van der Waals surface area (Å²) in [5, 5.41) is 9.56. The van der Waals surface area contributed by atoms with Crippen molar-refractivity contribution in [2.75, 3.05) is 13.2 Å². The third-order valence-corrected chi connectivity index (χ3v) is 9.08. The van der Waals surface area contributed by atoms with E-state index in [9.17, 15) is 14.7 Å². The molecule has 0 bridgehead atoms. The molecule has 1 unspecified atom stereocenters. The number of rotatable bonds is 39. The zero-order chi connectivity index (χ0) is 40.7. The second kappa shape index (κ2) is 45.9. The minimum absolute atomic E-state index is 0.0844. The molecule has 0 saturated heterocycles. The van der Waals surface area contributed by atoms with Crippen LogP contribution in [0.3, 0.4) is 0 Å². The van der Waals surface area contributed by atoms with Crippen LogP contribution in [0.15, 0.2) is 109 Å². The highest BCUT2D eigenvalue weighted by Crippen LogP contribution is 2.13. The molecule has 0 radical (unpaired) electrons. The molecule has 0 fully saturated rings. The van der Waals surface area contributed by atoms with Gasteiger partial charge in [0.1, 0.15) is 6.61 Å². The second-order valence-corrected chi connectivity index (χ2v) is 14.4. The van der Waals surface area contributed by atoms with E-state index >= 15 is 0 Å². The van der Waals surface area contributed by atoms with Gasteiger partial charge in [0.05, 0.1) is 6.61 Å². The average molecular weight is 775 g/mol. The van der Waals surface area contributed by atoms with E-state index in [1.54, 1.807) is 0 Å². The molecule has 0 aliphatic carbocycles. The van der Waals surface area contributed by atoms with Crippen molar-refractivity contribution in [3.8, 4) is 0 Å². The van der Waals surface area contributed by atoms with Crippen molar-refractivity contribution in [2.45, 2.75) is 187 Å². The maximum atomic E-state index is 12.2. The van der Waals surface area contributed by atoms with Gasteiger partial charge in [-0.05, 0) is 83.5 Å². The first kappa shape index (κ1) is 52.6. The fourth-order valence-electron chi connectivity index (χ4n) is 5.72. The molecular formula is C51H82O5. The van der Waals surface area contributed by atoms with E-state index in [1.165, 1.54) is 51.4 Å². The maximum Gasteiger partial charge on any atom is 0.306 e. The van der Waals surface area contributed by atoms with Crippen LogP contribution in [-0.4, -0.2) is 36.4 Å². The Balaban J connectivity index is 3.69. The van der Waals surface area contributed by atoms with Gasteiger partial charge in [-0.3, -0.25) is 9.59 Å². The molecule has 5 nitrogen and oxygen atoms in total. The highest BCUT2D eigenvalue weighted by molar-refractivity contribution is 5.70. The smallest absolute Gasteiger partial charge is 0.306 e. The fraction of sp³-hybridized carbons (Fsp3) is 0.608. The van der Waals surface area contributed by atoms with E-state index in [1.807, 2.05) is 0 Å². The summed E-state index contributed by atoms with van der Waals surface area (Å²) in [4.78, 5) is 24.3. The maximum absolute atomic E-state index is 12.2. The Morgan fingerprint density at radius 2 is 0.768 bits per heavy atom. The van der Waals surface area contributed by atoms with Crippen LogP contribution in [0.4, 0.5) is 0 Å². The van der Waals surface area contributed by atoms with Crippen molar-refractivity contribution in [1.82, 2.24) is 0 Å². The van der Waals surface area contributed by atoms with Crippen molar-refractivity contribution in [3.05, 3.63) is 109 Å².